The van der Waals surface area contributed by atoms with Crippen LogP contribution in [0.2, 0.25) is 0 Å². The van der Waals surface area contributed by atoms with Crippen molar-refractivity contribution in [1.82, 2.24) is 15.0 Å². The smallest absolute Gasteiger partial charge is 0.150 e. The number of aromatic nitrogens is 3. The molecule has 0 amide bonds. The average molecular weight is 201 g/mol. The lowest BCUT2D eigenvalue weighted by molar-refractivity contribution is 0.112. The highest BCUT2D eigenvalue weighted by atomic mass is 16.1. The fraction of sp³-hybridized carbons (Fsp3) is 0.182. The van der Waals surface area contributed by atoms with Crippen molar-refractivity contribution in [3.05, 3.63) is 36.4 Å². The minimum atomic E-state index is 0.623. The molecule has 0 unspecified atom stereocenters. The van der Waals surface area contributed by atoms with Gasteiger partial charge in [-0.3, -0.25) is 4.79 Å². The van der Waals surface area contributed by atoms with Gasteiger partial charge in [0, 0.05) is 5.56 Å². The van der Waals surface area contributed by atoms with Crippen LogP contribution < -0.4 is 0 Å². The van der Waals surface area contributed by atoms with E-state index in [9.17, 15) is 4.79 Å². The van der Waals surface area contributed by atoms with Crippen molar-refractivity contribution in [2.45, 2.75) is 13.0 Å². The third-order valence-corrected chi connectivity index (χ3v) is 2.12. The molecule has 0 saturated heterocycles. The van der Waals surface area contributed by atoms with Gasteiger partial charge in [-0.05, 0) is 24.6 Å². The second-order valence-corrected chi connectivity index (χ2v) is 3.24. The van der Waals surface area contributed by atoms with Gasteiger partial charge < -0.3 is 0 Å². The van der Waals surface area contributed by atoms with Crippen LogP contribution in [0.3, 0.4) is 0 Å². The molecule has 0 aliphatic rings. The van der Waals surface area contributed by atoms with E-state index in [0.29, 0.717) is 12.1 Å². The fourth-order valence-corrected chi connectivity index (χ4v) is 1.36. The molecule has 76 valence electrons. The zero-order valence-electron chi connectivity index (χ0n) is 8.26. The van der Waals surface area contributed by atoms with E-state index in [1.807, 2.05) is 6.08 Å². The number of aryl methyl sites for hydroxylation is 1. The van der Waals surface area contributed by atoms with Crippen LogP contribution in [0.25, 0.3) is 11.0 Å². The van der Waals surface area contributed by atoms with Crippen molar-refractivity contribution in [1.29, 1.82) is 0 Å². The molecular formula is C11H11N3O. The molecule has 0 fully saturated rings. The molecule has 1 aromatic carbocycles. The number of carbonyl (C=O) groups is 1. The molecule has 0 atom stereocenters. The standard InChI is InChI=1S/C11H11N3O/c1-2-3-6-14-12-10-5-4-9(8-15)7-11(10)13-14/h2,4-5,7-8H,1,3,6H2. The first-order chi connectivity index (χ1) is 7.33. The first-order valence-electron chi connectivity index (χ1n) is 4.74. The molecule has 0 bridgehead atoms. The van der Waals surface area contributed by atoms with E-state index in [0.717, 1.165) is 23.7 Å². The molecule has 0 spiro atoms. The monoisotopic (exact) mass is 201 g/mol. The third kappa shape index (κ3) is 1.93. The van der Waals surface area contributed by atoms with Gasteiger partial charge in [-0.25, -0.2) is 0 Å². The second kappa shape index (κ2) is 4.04. The SMILES string of the molecule is C=CCCn1nc2ccc(C=O)cc2n1. The Morgan fingerprint density at radius 2 is 2.13 bits per heavy atom. The summed E-state index contributed by atoms with van der Waals surface area (Å²) in [5.41, 5.74) is 2.19. The van der Waals surface area contributed by atoms with Crippen LogP contribution in [0.1, 0.15) is 16.8 Å². The Balaban J connectivity index is 2.37. The van der Waals surface area contributed by atoms with Crippen LogP contribution >= 0.6 is 0 Å². The first-order valence-corrected chi connectivity index (χ1v) is 4.74. The number of rotatable bonds is 4. The first kappa shape index (κ1) is 9.58. The van der Waals surface area contributed by atoms with Crippen molar-refractivity contribution < 1.29 is 4.79 Å². The number of benzene rings is 1. The normalized spacial score (nSPS) is 10.4. The van der Waals surface area contributed by atoms with Crippen molar-refractivity contribution in [3.8, 4) is 0 Å². The second-order valence-electron chi connectivity index (χ2n) is 3.24. The van der Waals surface area contributed by atoms with Gasteiger partial charge >= 0.3 is 0 Å². The molecule has 2 rings (SSSR count). The van der Waals surface area contributed by atoms with Crippen LogP contribution in [0.5, 0.6) is 0 Å². The minimum absolute atomic E-state index is 0.623. The summed E-state index contributed by atoms with van der Waals surface area (Å²) in [5, 5.41) is 8.53. The Kier molecular flexibility index (Phi) is 2.58. The average Bonchev–Trinajstić information content (AvgIpc) is 2.67. The summed E-state index contributed by atoms with van der Waals surface area (Å²) < 4.78 is 0. The summed E-state index contributed by atoms with van der Waals surface area (Å²) >= 11 is 0. The Morgan fingerprint density at radius 3 is 2.87 bits per heavy atom. The molecule has 0 saturated carbocycles. The number of carbonyl (C=O) groups excluding carboxylic acids is 1. The molecule has 15 heavy (non-hydrogen) atoms. The van der Waals surface area contributed by atoms with Gasteiger partial charge in [-0.1, -0.05) is 6.08 Å². The van der Waals surface area contributed by atoms with Crippen LogP contribution in [-0.2, 0) is 6.54 Å². The van der Waals surface area contributed by atoms with E-state index in [2.05, 4.69) is 16.8 Å². The van der Waals surface area contributed by atoms with E-state index in [1.165, 1.54) is 0 Å². The Labute approximate surface area is 87.2 Å². The van der Waals surface area contributed by atoms with Crippen LogP contribution in [-0.4, -0.2) is 21.3 Å². The summed E-state index contributed by atoms with van der Waals surface area (Å²) in [6.07, 6.45) is 3.47. The Bertz CT molecular complexity index is 502. The zero-order valence-corrected chi connectivity index (χ0v) is 8.26. The van der Waals surface area contributed by atoms with Gasteiger partial charge in [0.15, 0.2) is 0 Å². The summed E-state index contributed by atoms with van der Waals surface area (Å²) in [7, 11) is 0. The molecule has 0 radical (unpaired) electrons. The van der Waals surface area contributed by atoms with Gasteiger partial charge in [0.05, 0.1) is 6.54 Å². The summed E-state index contributed by atoms with van der Waals surface area (Å²) in [5.74, 6) is 0. The van der Waals surface area contributed by atoms with Gasteiger partial charge in [-0.2, -0.15) is 15.0 Å². The third-order valence-electron chi connectivity index (χ3n) is 2.12. The van der Waals surface area contributed by atoms with E-state index in [-0.39, 0.29) is 0 Å². The number of aldehydes is 1. The highest BCUT2D eigenvalue weighted by molar-refractivity contribution is 5.84. The quantitative estimate of drug-likeness (QED) is 0.560. The lowest BCUT2D eigenvalue weighted by Crippen LogP contribution is -2.00. The fourth-order valence-electron chi connectivity index (χ4n) is 1.36. The van der Waals surface area contributed by atoms with Crippen molar-refractivity contribution >= 4 is 17.3 Å². The van der Waals surface area contributed by atoms with Crippen LogP contribution in [0.15, 0.2) is 30.9 Å². The Hall–Kier alpha value is -1.97. The molecule has 0 aliphatic heterocycles. The van der Waals surface area contributed by atoms with Crippen molar-refractivity contribution in [2.75, 3.05) is 0 Å². The molecule has 2 aromatic rings. The molecule has 1 aromatic heterocycles. The topological polar surface area (TPSA) is 47.8 Å². The van der Waals surface area contributed by atoms with Gasteiger partial charge in [0.2, 0.25) is 0 Å². The molecule has 0 aliphatic carbocycles. The van der Waals surface area contributed by atoms with Gasteiger partial charge in [-0.15, -0.1) is 6.58 Å². The summed E-state index contributed by atoms with van der Waals surface area (Å²) in [4.78, 5) is 12.2. The lowest BCUT2D eigenvalue weighted by atomic mass is 10.2. The van der Waals surface area contributed by atoms with Crippen molar-refractivity contribution in [2.24, 2.45) is 0 Å². The number of hydrogen-bond donors (Lipinski definition) is 0. The molecule has 4 nitrogen and oxygen atoms in total. The van der Waals surface area contributed by atoms with Crippen LogP contribution in [0.4, 0.5) is 0 Å². The van der Waals surface area contributed by atoms with E-state index in [4.69, 9.17) is 0 Å². The number of hydrogen-bond acceptors (Lipinski definition) is 3. The molecular weight excluding hydrogens is 190 g/mol. The highest BCUT2D eigenvalue weighted by Gasteiger charge is 2.02. The Morgan fingerprint density at radius 1 is 1.33 bits per heavy atom. The lowest BCUT2D eigenvalue weighted by Gasteiger charge is -1.92. The molecule has 1 heterocycles. The number of fused-ring (bicyclic) bond motifs is 1. The predicted molar refractivity (Wildman–Crippen MR) is 57.7 cm³/mol. The van der Waals surface area contributed by atoms with Gasteiger partial charge in [0.25, 0.3) is 0 Å². The van der Waals surface area contributed by atoms with Gasteiger partial charge in [0.1, 0.15) is 17.3 Å². The van der Waals surface area contributed by atoms with Crippen LogP contribution in [0, 0.1) is 0 Å². The van der Waals surface area contributed by atoms with E-state index >= 15 is 0 Å². The number of nitrogens with zero attached hydrogens (tertiary/aromatic N) is 3. The zero-order chi connectivity index (χ0) is 10.7. The predicted octanol–water partition coefficient (Wildman–Crippen LogP) is 1.82. The molecule has 4 heteroatoms. The highest BCUT2D eigenvalue weighted by Crippen LogP contribution is 2.10. The summed E-state index contributed by atoms with van der Waals surface area (Å²) in [6.45, 7) is 4.36. The molecule has 0 N–H and O–H groups in total. The minimum Gasteiger partial charge on any atom is -0.298 e. The largest absolute Gasteiger partial charge is 0.298 e. The van der Waals surface area contributed by atoms with Crippen molar-refractivity contribution in [3.63, 3.8) is 0 Å². The van der Waals surface area contributed by atoms with E-state index < -0.39 is 0 Å². The maximum Gasteiger partial charge on any atom is 0.150 e. The maximum absolute atomic E-state index is 10.6. The maximum atomic E-state index is 10.6. The number of allylic oxidation sites excluding steroid dienone is 1. The van der Waals surface area contributed by atoms with E-state index in [1.54, 1.807) is 23.0 Å². The summed E-state index contributed by atoms with van der Waals surface area (Å²) in [6, 6.07) is 5.28.